The van der Waals surface area contributed by atoms with Gasteiger partial charge in [-0.15, -0.1) is 0 Å². The van der Waals surface area contributed by atoms with Gasteiger partial charge in [0.25, 0.3) is 0 Å². The Hall–Kier alpha value is -2.11. The first-order valence-electron chi connectivity index (χ1n) is 4.27. The quantitative estimate of drug-likeness (QED) is 0.686. The molecule has 0 spiro atoms. The molecular formula is C9H11N3O3. The van der Waals surface area contributed by atoms with Gasteiger partial charge in [-0.25, -0.2) is 4.79 Å². The number of hydrogen-bond donors (Lipinski definition) is 3. The Bertz CT molecular complexity index is 361. The third-order valence-electron chi connectivity index (χ3n) is 1.57. The van der Waals surface area contributed by atoms with E-state index in [9.17, 15) is 9.59 Å². The summed E-state index contributed by atoms with van der Waals surface area (Å²) >= 11 is 0. The highest BCUT2D eigenvalue weighted by molar-refractivity contribution is 5.88. The van der Waals surface area contributed by atoms with Crippen LogP contribution in [0.2, 0.25) is 0 Å². The highest BCUT2D eigenvalue weighted by Crippen LogP contribution is 2.05. The molecule has 0 aromatic carbocycles. The van der Waals surface area contributed by atoms with Gasteiger partial charge in [0.1, 0.15) is 0 Å². The average molecular weight is 209 g/mol. The van der Waals surface area contributed by atoms with Crippen molar-refractivity contribution in [3.05, 3.63) is 24.0 Å². The lowest BCUT2D eigenvalue weighted by molar-refractivity contribution is -0.114. The third kappa shape index (κ3) is 4.08. The molecule has 0 saturated heterocycles. The molecule has 0 unspecified atom stereocenters. The molecule has 0 aliphatic rings. The van der Waals surface area contributed by atoms with E-state index in [0.717, 1.165) is 0 Å². The molecule has 0 fully saturated rings. The van der Waals surface area contributed by atoms with E-state index in [-0.39, 0.29) is 12.5 Å². The summed E-state index contributed by atoms with van der Waals surface area (Å²) in [4.78, 5) is 24.8. The number of carboxylic acid groups (broad SMARTS) is 1. The van der Waals surface area contributed by atoms with E-state index in [1.807, 2.05) is 0 Å². The second kappa shape index (κ2) is 4.94. The number of carbonyl (C=O) groups is 2. The molecule has 6 heteroatoms. The topological polar surface area (TPSA) is 91.3 Å². The minimum atomic E-state index is -1.09. The van der Waals surface area contributed by atoms with Gasteiger partial charge in [0.15, 0.2) is 0 Å². The Balaban J connectivity index is 2.56. The summed E-state index contributed by atoms with van der Waals surface area (Å²) in [5, 5.41) is 13.1. The summed E-state index contributed by atoms with van der Waals surface area (Å²) in [6.45, 7) is 1.55. The first-order chi connectivity index (χ1) is 7.08. The molecule has 2 amide bonds. The summed E-state index contributed by atoms with van der Waals surface area (Å²) in [5.41, 5.74) is 1.17. The number of nitrogens with one attached hydrogen (secondary N) is 2. The SMILES string of the molecule is CC(=O)Nc1ccc(CNC(=O)O)nc1. The molecule has 15 heavy (non-hydrogen) atoms. The predicted octanol–water partition coefficient (Wildman–Crippen LogP) is 0.808. The van der Waals surface area contributed by atoms with Crippen LogP contribution in [-0.2, 0) is 11.3 Å². The largest absolute Gasteiger partial charge is 0.465 e. The van der Waals surface area contributed by atoms with Crippen LogP contribution in [0.4, 0.5) is 10.5 Å². The van der Waals surface area contributed by atoms with Crippen molar-refractivity contribution in [2.24, 2.45) is 0 Å². The van der Waals surface area contributed by atoms with E-state index in [1.54, 1.807) is 12.1 Å². The summed E-state index contributed by atoms with van der Waals surface area (Å²) in [6, 6.07) is 3.30. The fraction of sp³-hybridized carbons (Fsp3) is 0.222. The number of anilines is 1. The maximum absolute atomic E-state index is 10.7. The van der Waals surface area contributed by atoms with Gasteiger partial charge in [0, 0.05) is 6.92 Å². The maximum Gasteiger partial charge on any atom is 0.404 e. The average Bonchev–Trinajstić information content (AvgIpc) is 2.16. The smallest absolute Gasteiger partial charge is 0.404 e. The van der Waals surface area contributed by atoms with Crippen LogP contribution in [-0.4, -0.2) is 22.1 Å². The molecule has 0 aliphatic heterocycles. The van der Waals surface area contributed by atoms with E-state index >= 15 is 0 Å². The van der Waals surface area contributed by atoms with Crippen molar-refractivity contribution in [1.82, 2.24) is 10.3 Å². The van der Waals surface area contributed by atoms with Crippen molar-refractivity contribution in [2.75, 3.05) is 5.32 Å². The van der Waals surface area contributed by atoms with Crippen LogP contribution in [0.25, 0.3) is 0 Å². The molecule has 0 atom stereocenters. The van der Waals surface area contributed by atoms with Crippen molar-refractivity contribution in [1.29, 1.82) is 0 Å². The van der Waals surface area contributed by atoms with Gasteiger partial charge in [-0.2, -0.15) is 0 Å². The molecule has 0 radical (unpaired) electrons. The van der Waals surface area contributed by atoms with Gasteiger partial charge in [-0.1, -0.05) is 0 Å². The summed E-state index contributed by atoms with van der Waals surface area (Å²) < 4.78 is 0. The first kappa shape index (κ1) is 11.0. The third-order valence-corrected chi connectivity index (χ3v) is 1.57. The first-order valence-corrected chi connectivity index (χ1v) is 4.27. The molecule has 0 saturated carbocycles. The monoisotopic (exact) mass is 209 g/mol. The number of rotatable bonds is 3. The standard InChI is InChI=1S/C9H11N3O3/c1-6(13)12-8-3-2-7(10-5-8)4-11-9(14)15/h2-3,5,11H,4H2,1H3,(H,12,13)(H,14,15). The molecule has 0 aliphatic carbocycles. The summed E-state index contributed by atoms with van der Waals surface area (Å²) in [6.07, 6.45) is 0.378. The molecule has 6 nitrogen and oxygen atoms in total. The van der Waals surface area contributed by atoms with E-state index < -0.39 is 6.09 Å². The maximum atomic E-state index is 10.7. The van der Waals surface area contributed by atoms with Crippen molar-refractivity contribution >= 4 is 17.7 Å². The van der Waals surface area contributed by atoms with Gasteiger partial charge >= 0.3 is 6.09 Å². The predicted molar refractivity (Wildman–Crippen MR) is 53.4 cm³/mol. The normalized spacial score (nSPS) is 9.40. The van der Waals surface area contributed by atoms with Crippen molar-refractivity contribution in [2.45, 2.75) is 13.5 Å². The fourth-order valence-electron chi connectivity index (χ4n) is 0.972. The molecular weight excluding hydrogens is 198 g/mol. The van der Waals surface area contributed by atoms with Crippen molar-refractivity contribution < 1.29 is 14.7 Å². The van der Waals surface area contributed by atoms with Gasteiger partial charge in [0.2, 0.25) is 5.91 Å². The van der Waals surface area contributed by atoms with Crippen LogP contribution in [0.1, 0.15) is 12.6 Å². The zero-order valence-corrected chi connectivity index (χ0v) is 8.15. The van der Waals surface area contributed by atoms with E-state index in [0.29, 0.717) is 11.4 Å². The number of nitrogens with zero attached hydrogens (tertiary/aromatic N) is 1. The van der Waals surface area contributed by atoms with Crippen LogP contribution in [0, 0.1) is 0 Å². The van der Waals surface area contributed by atoms with Crippen LogP contribution in [0.5, 0.6) is 0 Å². The minimum Gasteiger partial charge on any atom is -0.465 e. The van der Waals surface area contributed by atoms with Gasteiger partial charge in [-0.3, -0.25) is 9.78 Å². The Labute approximate surface area is 86.3 Å². The van der Waals surface area contributed by atoms with Crippen LogP contribution in [0.3, 0.4) is 0 Å². The van der Waals surface area contributed by atoms with E-state index in [1.165, 1.54) is 13.1 Å². The van der Waals surface area contributed by atoms with Gasteiger partial charge in [0.05, 0.1) is 24.1 Å². The zero-order chi connectivity index (χ0) is 11.3. The Morgan fingerprint density at radius 2 is 2.20 bits per heavy atom. The second-order valence-corrected chi connectivity index (χ2v) is 2.88. The lowest BCUT2D eigenvalue weighted by Crippen LogP contribution is -2.20. The van der Waals surface area contributed by atoms with E-state index in [2.05, 4.69) is 15.6 Å². The highest BCUT2D eigenvalue weighted by Gasteiger charge is 1.99. The van der Waals surface area contributed by atoms with Crippen molar-refractivity contribution in [3.8, 4) is 0 Å². The second-order valence-electron chi connectivity index (χ2n) is 2.88. The number of hydrogen-bond acceptors (Lipinski definition) is 3. The van der Waals surface area contributed by atoms with E-state index in [4.69, 9.17) is 5.11 Å². The van der Waals surface area contributed by atoms with Gasteiger partial charge in [-0.05, 0) is 12.1 Å². The molecule has 1 aromatic heterocycles. The molecule has 80 valence electrons. The Kier molecular flexibility index (Phi) is 3.61. The van der Waals surface area contributed by atoms with Gasteiger partial charge < -0.3 is 15.7 Å². The molecule has 0 bridgehead atoms. The molecule has 1 heterocycles. The fourth-order valence-corrected chi connectivity index (χ4v) is 0.972. The summed E-state index contributed by atoms with van der Waals surface area (Å²) in [7, 11) is 0. The van der Waals surface area contributed by atoms with Crippen molar-refractivity contribution in [3.63, 3.8) is 0 Å². The lowest BCUT2D eigenvalue weighted by atomic mass is 10.3. The number of pyridine rings is 1. The van der Waals surface area contributed by atoms with Crippen LogP contribution < -0.4 is 10.6 Å². The van der Waals surface area contributed by atoms with Crippen LogP contribution in [0.15, 0.2) is 18.3 Å². The molecule has 1 aromatic rings. The highest BCUT2D eigenvalue weighted by atomic mass is 16.4. The Morgan fingerprint density at radius 3 is 2.67 bits per heavy atom. The number of aromatic nitrogens is 1. The zero-order valence-electron chi connectivity index (χ0n) is 8.15. The summed E-state index contributed by atoms with van der Waals surface area (Å²) in [5.74, 6) is -0.173. The minimum absolute atomic E-state index is 0.148. The number of carbonyl (C=O) groups excluding carboxylic acids is 1. The molecule has 3 N–H and O–H groups in total. The Morgan fingerprint density at radius 1 is 1.47 bits per heavy atom. The molecule has 1 rings (SSSR count). The number of amides is 2. The van der Waals surface area contributed by atoms with Crippen LogP contribution >= 0.6 is 0 Å². The lowest BCUT2D eigenvalue weighted by Gasteiger charge is -2.03.